The van der Waals surface area contributed by atoms with Gasteiger partial charge in [-0.15, -0.1) is 0 Å². The Labute approximate surface area is 79.7 Å². The van der Waals surface area contributed by atoms with Crippen molar-refractivity contribution in [2.24, 2.45) is 5.73 Å². The maximum Gasteiger partial charge on any atom is 0.240 e. The van der Waals surface area contributed by atoms with Gasteiger partial charge < -0.3 is 11.1 Å². The lowest BCUT2D eigenvalue weighted by Gasteiger charge is -2.14. The van der Waals surface area contributed by atoms with Gasteiger partial charge in [-0.3, -0.25) is 9.00 Å². The van der Waals surface area contributed by atoms with Crippen molar-refractivity contribution in [3.05, 3.63) is 0 Å². The zero-order valence-corrected chi connectivity index (χ0v) is 8.23. The Bertz CT molecular complexity index is 263. The second kappa shape index (κ2) is 3.06. The maximum atomic E-state index is 11.5. The fraction of sp³-hybridized carbons (Fsp3) is 0.875. The predicted molar refractivity (Wildman–Crippen MR) is 50.6 cm³/mol. The Morgan fingerprint density at radius 2 is 2.23 bits per heavy atom. The lowest BCUT2D eigenvalue weighted by Crippen LogP contribution is -2.47. The minimum absolute atomic E-state index is 0.0589. The normalized spacial score (nSPS) is 35.8. The molecule has 0 aromatic heterocycles. The minimum Gasteiger partial charge on any atom is -0.351 e. The number of nitrogens with one attached hydrogen (secondary N) is 1. The highest BCUT2D eigenvalue weighted by atomic mass is 32.2. The van der Waals surface area contributed by atoms with E-state index in [2.05, 4.69) is 5.32 Å². The van der Waals surface area contributed by atoms with Crippen LogP contribution < -0.4 is 11.1 Å². The summed E-state index contributed by atoms with van der Waals surface area (Å²) in [7, 11) is -0.731. The van der Waals surface area contributed by atoms with Crippen molar-refractivity contribution < 1.29 is 9.00 Å². The summed E-state index contributed by atoms with van der Waals surface area (Å²) in [6.07, 6.45) is 2.40. The van der Waals surface area contributed by atoms with Gasteiger partial charge >= 0.3 is 0 Å². The number of carbonyl (C=O) groups excluding carboxylic acids is 1. The van der Waals surface area contributed by atoms with E-state index in [1.807, 2.05) is 0 Å². The SMILES string of the molecule is NC1(C(=O)NC2CCS(=O)C2)CC1. The Morgan fingerprint density at radius 3 is 2.69 bits per heavy atom. The summed E-state index contributed by atoms with van der Waals surface area (Å²) in [5.74, 6) is 1.25. The van der Waals surface area contributed by atoms with Crippen molar-refractivity contribution in [3.63, 3.8) is 0 Å². The van der Waals surface area contributed by atoms with Gasteiger partial charge in [0.2, 0.25) is 5.91 Å². The van der Waals surface area contributed by atoms with Crippen molar-refractivity contribution in [1.29, 1.82) is 0 Å². The molecule has 2 rings (SSSR count). The smallest absolute Gasteiger partial charge is 0.240 e. The molecular formula is C8H14N2O2S. The summed E-state index contributed by atoms with van der Waals surface area (Å²) in [4.78, 5) is 11.5. The van der Waals surface area contributed by atoms with Gasteiger partial charge in [-0.2, -0.15) is 0 Å². The molecular weight excluding hydrogens is 188 g/mol. The van der Waals surface area contributed by atoms with E-state index in [0.717, 1.165) is 19.3 Å². The van der Waals surface area contributed by atoms with Crippen molar-refractivity contribution in [3.8, 4) is 0 Å². The molecule has 13 heavy (non-hydrogen) atoms. The van der Waals surface area contributed by atoms with Crippen molar-refractivity contribution in [2.45, 2.75) is 30.8 Å². The summed E-state index contributed by atoms with van der Waals surface area (Å²) < 4.78 is 11.0. The van der Waals surface area contributed by atoms with Crippen LogP contribution in [-0.4, -0.2) is 33.2 Å². The van der Waals surface area contributed by atoms with Crippen LogP contribution >= 0.6 is 0 Å². The molecule has 0 radical (unpaired) electrons. The molecule has 1 saturated carbocycles. The second-order valence-corrected chi connectivity index (χ2v) is 5.55. The minimum atomic E-state index is -0.731. The molecule has 1 saturated heterocycles. The van der Waals surface area contributed by atoms with E-state index in [-0.39, 0.29) is 11.9 Å². The van der Waals surface area contributed by atoms with Gasteiger partial charge in [-0.1, -0.05) is 0 Å². The quantitative estimate of drug-likeness (QED) is 0.610. The molecule has 0 aromatic carbocycles. The van der Waals surface area contributed by atoms with Gasteiger partial charge in [0.15, 0.2) is 0 Å². The number of carbonyl (C=O) groups is 1. The first-order valence-electron chi connectivity index (χ1n) is 4.55. The van der Waals surface area contributed by atoms with Gasteiger partial charge in [0.1, 0.15) is 0 Å². The van der Waals surface area contributed by atoms with Crippen LogP contribution in [0.25, 0.3) is 0 Å². The average Bonchev–Trinajstić information content (AvgIpc) is 2.69. The summed E-state index contributed by atoms with van der Waals surface area (Å²) in [5, 5.41) is 2.85. The summed E-state index contributed by atoms with van der Waals surface area (Å²) >= 11 is 0. The highest BCUT2D eigenvalue weighted by Gasteiger charge is 2.46. The van der Waals surface area contributed by atoms with Gasteiger partial charge in [-0.25, -0.2) is 0 Å². The van der Waals surface area contributed by atoms with Crippen LogP contribution in [0.1, 0.15) is 19.3 Å². The van der Waals surface area contributed by atoms with E-state index in [4.69, 9.17) is 5.73 Å². The monoisotopic (exact) mass is 202 g/mol. The third-order valence-electron chi connectivity index (χ3n) is 2.66. The largest absolute Gasteiger partial charge is 0.351 e. The first kappa shape index (κ1) is 9.15. The molecule has 1 amide bonds. The lowest BCUT2D eigenvalue weighted by atomic mass is 10.2. The molecule has 2 fully saturated rings. The van der Waals surface area contributed by atoms with Gasteiger partial charge in [-0.05, 0) is 19.3 Å². The number of hydrogen-bond donors (Lipinski definition) is 2. The highest BCUT2D eigenvalue weighted by molar-refractivity contribution is 7.85. The molecule has 74 valence electrons. The number of nitrogens with two attached hydrogens (primary N) is 1. The fourth-order valence-corrected chi connectivity index (χ4v) is 2.88. The number of amides is 1. The third kappa shape index (κ3) is 1.91. The molecule has 1 aliphatic heterocycles. The Balaban J connectivity index is 1.84. The third-order valence-corrected chi connectivity index (χ3v) is 4.12. The average molecular weight is 202 g/mol. The zero-order valence-electron chi connectivity index (χ0n) is 7.41. The van der Waals surface area contributed by atoms with Gasteiger partial charge in [0.05, 0.1) is 5.54 Å². The van der Waals surface area contributed by atoms with E-state index in [1.165, 1.54) is 0 Å². The standard InChI is InChI=1S/C8H14N2O2S/c9-8(2-3-8)7(11)10-6-1-4-13(12)5-6/h6H,1-5,9H2,(H,10,11). The number of hydrogen-bond acceptors (Lipinski definition) is 3. The van der Waals surface area contributed by atoms with Crippen molar-refractivity contribution >= 4 is 16.7 Å². The highest BCUT2D eigenvalue weighted by Crippen LogP contribution is 2.32. The van der Waals surface area contributed by atoms with Crippen molar-refractivity contribution in [2.75, 3.05) is 11.5 Å². The van der Waals surface area contributed by atoms with E-state index >= 15 is 0 Å². The molecule has 2 unspecified atom stereocenters. The number of rotatable bonds is 2. The van der Waals surface area contributed by atoms with E-state index in [9.17, 15) is 9.00 Å². The summed E-state index contributed by atoms with van der Waals surface area (Å²) in [5.41, 5.74) is 5.12. The maximum absolute atomic E-state index is 11.5. The summed E-state index contributed by atoms with van der Waals surface area (Å²) in [6.45, 7) is 0. The molecule has 1 heterocycles. The molecule has 5 heteroatoms. The molecule has 2 aliphatic rings. The molecule has 0 spiro atoms. The second-order valence-electron chi connectivity index (χ2n) is 3.93. The molecule has 0 bridgehead atoms. The molecule has 0 aromatic rings. The van der Waals surface area contributed by atoms with Crippen molar-refractivity contribution in [1.82, 2.24) is 5.32 Å². The topological polar surface area (TPSA) is 72.2 Å². The van der Waals surface area contributed by atoms with Crippen LogP contribution in [0.2, 0.25) is 0 Å². The van der Waals surface area contributed by atoms with E-state index < -0.39 is 16.3 Å². The van der Waals surface area contributed by atoms with Crippen LogP contribution in [0.3, 0.4) is 0 Å². The molecule has 3 N–H and O–H groups in total. The molecule has 2 atom stereocenters. The van der Waals surface area contributed by atoms with Crippen LogP contribution in [0.4, 0.5) is 0 Å². The van der Waals surface area contributed by atoms with E-state index in [1.54, 1.807) is 0 Å². The Hall–Kier alpha value is -0.420. The van der Waals surface area contributed by atoms with E-state index in [0.29, 0.717) is 11.5 Å². The van der Waals surface area contributed by atoms with Crippen LogP contribution in [0.5, 0.6) is 0 Å². The first-order valence-corrected chi connectivity index (χ1v) is 6.04. The predicted octanol–water partition coefficient (Wildman–Crippen LogP) is -0.885. The summed E-state index contributed by atoms with van der Waals surface area (Å²) in [6, 6.07) is 0.0920. The molecule has 4 nitrogen and oxygen atoms in total. The van der Waals surface area contributed by atoms with Gasteiger partial charge in [0, 0.05) is 28.3 Å². The first-order chi connectivity index (χ1) is 6.10. The van der Waals surface area contributed by atoms with Crippen LogP contribution in [-0.2, 0) is 15.6 Å². The van der Waals surface area contributed by atoms with Crippen LogP contribution in [0.15, 0.2) is 0 Å². The Kier molecular flexibility index (Phi) is 2.15. The van der Waals surface area contributed by atoms with Gasteiger partial charge in [0.25, 0.3) is 0 Å². The molecule has 1 aliphatic carbocycles. The lowest BCUT2D eigenvalue weighted by molar-refractivity contribution is -0.123. The zero-order chi connectivity index (χ0) is 9.47. The Morgan fingerprint density at radius 1 is 1.54 bits per heavy atom. The van der Waals surface area contributed by atoms with Crippen LogP contribution in [0, 0.1) is 0 Å². The fourth-order valence-electron chi connectivity index (χ4n) is 1.47.